The Kier molecular flexibility index (Phi) is 6.89. The van der Waals surface area contributed by atoms with E-state index in [1.165, 1.54) is 6.08 Å². The molecule has 0 unspecified atom stereocenters. The summed E-state index contributed by atoms with van der Waals surface area (Å²) in [5.74, 6) is -1.26. The largest absolute Gasteiger partial charge is 0.492 e. The van der Waals surface area contributed by atoms with Crippen molar-refractivity contribution in [2.24, 2.45) is 5.92 Å². The van der Waals surface area contributed by atoms with Crippen molar-refractivity contribution in [3.8, 4) is 5.75 Å². The summed E-state index contributed by atoms with van der Waals surface area (Å²) >= 11 is 0. The number of esters is 1. The van der Waals surface area contributed by atoms with Gasteiger partial charge in [-0.3, -0.25) is 9.59 Å². The second kappa shape index (κ2) is 9.58. The van der Waals surface area contributed by atoms with E-state index in [0.717, 1.165) is 5.41 Å². The third kappa shape index (κ3) is 5.70. The van der Waals surface area contributed by atoms with Gasteiger partial charge in [-0.2, -0.15) is 0 Å². The van der Waals surface area contributed by atoms with Crippen molar-refractivity contribution in [1.29, 1.82) is 0 Å². The Hall–Kier alpha value is -3.13. The fraction of sp³-hybridized carbons (Fsp3) is 0.273. The molecule has 8 heteroatoms. The zero-order valence-electron chi connectivity index (χ0n) is 16.5. The number of rotatable bonds is 8. The van der Waals surface area contributed by atoms with Crippen LogP contribution in [0, 0.1) is 5.92 Å². The summed E-state index contributed by atoms with van der Waals surface area (Å²) in [6.45, 7) is 2.27. The molecular formula is C22H23NO6S. The smallest absolute Gasteiger partial charge is 0.307 e. The highest BCUT2D eigenvalue weighted by atomic mass is 32.2. The highest BCUT2D eigenvalue weighted by Crippen LogP contribution is 2.27. The summed E-state index contributed by atoms with van der Waals surface area (Å²) in [5, 5.41) is 3.86. The van der Waals surface area contributed by atoms with Crippen LogP contribution in [0.3, 0.4) is 0 Å². The van der Waals surface area contributed by atoms with Crippen LogP contribution >= 0.6 is 0 Å². The third-order valence-corrected chi connectivity index (χ3v) is 5.93. The van der Waals surface area contributed by atoms with E-state index in [9.17, 15) is 18.0 Å². The van der Waals surface area contributed by atoms with Crippen LogP contribution in [0.1, 0.15) is 25.0 Å². The second-order valence-electron chi connectivity index (χ2n) is 6.82. The standard InChI is InChI=1S/C22H23NO6S/c1-2-28-19-11-7-6-10-18(19)23-22(25)21(17-8-4-3-5-9-17)29-20(24)14-16-12-13-30(26,27)15-16/h3-13,16,21H,2,14-15H2,1H3,(H,23,25)/t16-,21-/m0/s1. The zero-order chi connectivity index (χ0) is 21.6. The first-order chi connectivity index (χ1) is 14.4. The monoisotopic (exact) mass is 429 g/mol. The number of hydrogen-bond acceptors (Lipinski definition) is 6. The van der Waals surface area contributed by atoms with Gasteiger partial charge >= 0.3 is 5.97 Å². The number of carbonyl (C=O) groups excluding carboxylic acids is 2. The molecule has 2 aromatic carbocycles. The predicted octanol–water partition coefficient (Wildman–Crippen LogP) is 3.26. The lowest BCUT2D eigenvalue weighted by atomic mass is 10.1. The summed E-state index contributed by atoms with van der Waals surface area (Å²) < 4.78 is 34.1. The van der Waals surface area contributed by atoms with Crippen LogP contribution in [-0.4, -0.2) is 32.7 Å². The van der Waals surface area contributed by atoms with Gasteiger partial charge in [0.15, 0.2) is 9.84 Å². The maximum absolute atomic E-state index is 13.0. The molecule has 2 atom stereocenters. The first-order valence-electron chi connectivity index (χ1n) is 9.56. The Morgan fingerprint density at radius 3 is 2.47 bits per heavy atom. The van der Waals surface area contributed by atoms with Gasteiger partial charge in [-0.25, -0.2) is 8.42 Å². The fourth-order valence-corrected chi connectivity index (χ4v) is 4.51. The molecule has 0 aromatic heterocycles. The van der Waals surface area contributed by atoms with Gasteiger partial charge < -0.3 is 14.8 Å². The average Bonchev–Trinajstić information content (AvgIpc) is 3.06. The molecular weight excluding hydrogens is 406 g/mol. The maximum atomic E-state index is 13.0. The minimum atomic E-state index is -3.27. The highest BCUT2D eigenvalue weighted by molar-refractivity contribution is 7.94. The lowest BCUT2D eigenvalue weighted by Gasteiger charge is -2.20. The number of sulfone groups is 1. The van der Waals surface area contributed by atoms with Gasteiger partial charge in [0.05, 0.1) is 24.5 Å². The molecule has 0 radical (unpaired) electrons. The maximum Gasteiger partial charge on any atom is 0.307 e. The van der Waals surface area contributed by atoms with Crippen LogP contribution in [0.25, 0.3) is 0 Å². The van der Waals surface area contributed by atoms with Gasteiger partial charge in [-0.05, 0) is 19.1 Å². The quantitative estimate of drug-likeness (QED) is 0.647. The highest BCUT2D eigenvalue weighted by Gasteiger charge is 2.29. The van der Waals surface area contributed by atoms with Crippen molar-refractivity contribution in [3.63, 3.8) is 0 Å². The summed E-state index contributed by atoms with van der Waals surface area (Å²) in [4.78, 5) is 25.5. The number of hydrogen-bond donors (Lipinski definition) is 1. The molecule has 158 valence electrons. The summed E-state index contributed by atoms with van der Waals surface area (Å²) in [6.07, 6.45) is 0.171. The van der Waals surface area contributed by atoms with Gasteiger partial charge in [0.2, 0.25) is 6.10 Å². The number of anilines is 1. The Morgan fingerprint density at radius 2 is 1.80 bits per heavy atom. The Morgan fingerprint density at radius 1 is 1.10 bits per heavy atom. The Balaban J connectivity index is 1.75. The van der Waals surface area contributed by atoms with Gasteiger partial charge in [0, 0.05) is 16.9 Å². The van der Waals surface area contributed by atoms with E-state index >= 15 is 0 Å². The van der Waals surface area contributed by atoms with Gasteiger partial charge in [0.1, 0.15) is 5.75 Å². The van der Waals surface area contributed by atoms with Crippen LogP contribution in [0.15, 0.2) is 66.1 Å². The first kappa shape index (κ1) is 21.6. The normalized spacial score (nSPS) is 17.8. The van der Waals surface area contributed by atoms with Crippen molar-refractivity contribution in [3.05, 3.63) is 71.6 Å². The molecule has 0 bridgehead atoms. The molecule has 2 aromatic rings. The van der Waals surface area contributed by atoms with Crippen molar-refractivity contribution in [2.45, 2.75) is 19.4 Å². The molecule has 1 heterocycles. The molecule has 0 aliphatic carbocycles. The number of carbonyl (C=O) groups is 2. The predicted molar refractivity (Wildman–Crippen MR) is 113 cm³/mol. The Labute approximate surface area is 175 Å². The minimum absolute atomic E-state index is 0.123. The molecule has 0 saturated carbocycles. The topological polar surface area (TPSA) is 98.8 Å². The van der Waals surface area contributed by atoms with Crippen molar-refractivity contribution in [1.82, 2.24) is 0 Å². The van der Waals surface area contributed by atoms with Gasteiger partial charge in [0.25, 0.3) is 5.91 Å². The number of nitrogens with one attached hydrogen (secondary N) is 1. The molecule has 1 N–H and O–H groups in total. The van der Waals surface area contributed by atoms with E-state index < -0.39 is 33.7 Å². The summed E-state index contributed by atoms with van der Waals surface area (Å²) in [6, 6.07) is 15.6. The molecule has 0 fully saturated rings. The van der Waals surface area contributed by atoms with E-state index in [1.807, 2.05) is 6.92 Å². The third-order valence-electron chi connectivity index (χ3n) is 4.47. The number of para-hydroxylation sites is 2. The molecule has 3 rings (SSSR count). The Bertz CT molecular complexity index is 1030. The second-order valence-corrected chi connectivity index (χ2v) is 8.75. The number of ether oxygens (including phenoxy) is 2. The molecule has 0 saturated heterocycles. The van der Waals surface area contributed by atoms with E-state index in [-0.39, 0.29) is 12.2 Å². The molecule has 1 aliphatic rings. The lowest BCUT2D eigenvalue weighted by Crippen LogP contribution is -2.27. The molecule has 0 spiro atoms. The van der Waals surface area contributed by atoms with E-state index in [2.05, 4.69) is 5.32 Å². The zero-order valence-corrected chi connectivity index (χ0v) is 17.3. The lowest BCUT2D eigenvalue weighted by molar-refractivity contribution is -0.155. The number of allylic oxidation sites excluding steroid dienone is 1. The molecule has 30 heavy (non-hydrogen) atoms. The molecule has 7 nitrogen and oxygen atoms in total. The minimum Gasteiger partial charge on any atom is -0.492 e. The fourth-order valence-electron chi connectivity index (χ4n) is 3.11. The summed E-state index contributed by atoms with van der Waals surface area (Å²) in [5.41, 5.74) is 0.970. The van der Waals surface area contributed by atoms with Crippen molar-refractivity contribution < 1.29 is 27.5 Å². The van der Waals surface area contributed by atoms with Crippen molar-refractivity contribution in [2.75, 3.05) is 17.7 Å². The van der Waals surface area contributed by atoms with Crippen LogP contribution in [0.4, 0.5) is 5.69 Å². The molecule has 1 aliphatic heterocycles. The number of amides is 1. The van der Waals surface area contributed by atoms with Gasteiger partial charge in [-0.15, -0.1) is 0 Å². The van der Waals surface area contributed by atoms with E-state index in [4.69, 9.17) is 9.47 Å². The van der Waals surface area contributed by atoms with Crippen molar-refractivity contribution >= 4 is 27.4 Å². The SMILES string of the molecule is CCOc1ccccc1NC(=O)[C@@H](OC(=O)C[C@@H]1C=CS(=O)(=O)C1)c1ccccc1. The average molecular weight is 429 g/mol. The van der Waals surface area contributed by atoms with Crippen LogP contribution < -0.4 is 10.1 Å². The summed E-state index contributed by atoms with van der Waals surface area (Å²) in [7, 11) is -3.27. The van der Waals surface area contributed by atoms with E-state index in [1.54, 1.807) is 54.6 Å². The number of benzene rings is 2. The molecule has 1 amide bonds. The van der Waals surface area contributed by atoms with Crippen LogP contribution in [0.2, 0.25) is 0 Å². The van der Waals surface area contributed by atoms with E-state index in [0.29, 0.717) is 23.6 Å². The first-order valence-corrected chi connectivity index (χ1v) is 11.3. The van der Waals surface area contributed by atoms with Crippen LogP contribution in [-0.2, 0) is 24.2 Å². The van der Waals surface area contributed by atoms with Gasteiger partial charge in [-0.1, -0.05) is 48.5 Å². The van der Waals surface area contributed by atoms with Crippen LogP contribution in [0.5, 0.6) is 5.75 Å².